The molecule has 29 heavy (non-hydrogen) atoms. The molecule has 0 saturated heterocycles. The molecule has 0 amide bonds. The molecule has 0 fully saturated rings. The minimum atomic E-state index is -0.622. The van der Waals surface area contributed by atoms with Gasteiger partial charge in [-0.05, 0) is 67.3 Å². The number of Topliss-reactive ketones (excluding diaryl/α,β-unsaturated/α-hetero) is 1. The fourth-order valence-corrected chi connectivity index (χ4v) is 2.70. The van der Waals surface area contributed by atoms with Crippen LogP contribution in [0.2, 0.25) is 0 Å². The number of ketones is 1. The molecule has 150 valence electrons. The number of hydrogen-bond acceptors (Lipinski definition) is 6. The van der Waals surface area contributed by atoms with Gasteiger partial charge >= 0.3 is 5.97 Å². The minimum Gasteiger partial charge on any atom is -0.493 e. The lowest BCUT2D eigenvalue weighted by atomic mass is 9.98. The number of nitriles is 1. The predicted octanol–water partition coefficient (Wildman–Crippen LogP) is 3.96. The van der Waals surface area contributed by atoms with Gasteiger partial charge in [-0.2, -0.15) is 5.26 Å². The average molecular weight is 393 g/mol. The molecule has 0 spiro atoms. The zero-order valence-corrected chi connectivity index (χ0v) is 16.9. The molecule has 6 heteroatoms. The van der Waals surface area contributed by atoms with E-state index in [9.17, 15) is 9.59 Å². The van der Waals surface area contributed by atoms with Crippen molar-refractivity contribution in [2.75, 3.05) is 20.3 Å². The fraction of sp³-hybridized carbons (Fsp3) is 0.261. The van der Waals surface area contributed by atoms with Crippen LogP contribution in [0.5, 0.6) is 11.5 Å². The van der Waals surface area contributed by atoms with Gasteiger partial charge in [0.15, 0.2) is 24.7 Å². The second kappa shape index (κ2) is 10.1. The molecule has 0 aliphatic carbocycles. The highest BCUT2D eigenvalue weighted by Gasteiger charge is 2.13. The van der Waals surface area contributed by atoms with Crippen molar-refractivity contribution in [2.45, 2.75) is 20.8 Å². The third-order valence-electron chi connectivity index (χ3n) is 4.38. The Morgan fingerprint density at radius 2 is 1.76 bits per heavy atom. The van der Waals surface area contributed by atoms with Crippen molar-refractivity contribution in [2.24, 2.45) is 0 Å². The molecule has 0 aliphatic heterocycles. The summed E-state index contributed by atoms with van der Waals surface area (Å²) in [6.07, 6.45) is 2.79. The number of carbonyl (C=O) groups is 2. The summed E-state index contributed by atoms with van der Waals surface area (Å²) in [5.41, 5.74) is 4.22. The monoisotopic (exact) mass is 393 g/mol. The van der Waals surface area contributed by atoms with Crippen LogP contribution in [-0.2, 0) is 9.53 Å². The third kappa shape index (κ3) is 5.94. The highest BCUT2D eigenvalue weighted by molar-refractivity contribution is 6.00. The maximum Gasteiger partial charge on any atom is 0.331 e. The van der Waals surface area contributed by atoms with E-state index < -0.39 is 5.97 Å². The summed E-state index contributed by atoms with van der Waals surface area (Å²) < 4.78 is 15.5. The molecule has 0 bridgehead atoms. The van der Waals surface area contributed by atoms with E-state index in [0.29, 0.717) is 22.6 Å². The third-order valence-corrected chi connectivity index (χ3v) is 4.38. The quantitative estimate of drug-likeness (QED) is 0.383. The molecule has 0 N–H and O–H groups in total. The maximum absolute atomic E-state index is 12.4. The smallest absolute Gasteiger partial charge is 0.331 e. The number of nitrogens with zero attached hydrogens (tertiary/aromatic N) is 1. The Kier molecular flexibility index (Phi) is 7.55. The Bertz CT molecular complexity index is 985. The number of benzene rings is 2. The Balaban J connectivity index is 1.98. The predicted molar refractivity (Wildman–Crippen MR) is 109 cm³/mol. The SMILES string of the molecule is COc1cc(C=CC(=O)OCC(=O)c2cc(C)c(C)cc2C)ccc1OCC#N. The molecule has 0 unspecified atom stereocenters. The van der Waals surface area contributed by atoms with Crippen LogP contribution in [-0.4, -0.2) is 32.1 Å². The standard InChI is InChI=1S/C23H23NO5/c1-15-11-17(3)19(12-16(15)2)20(25)14-29-23(26)8-6-18-5-7-21(28-10-9-24)22(13-18)27-4/h5-8,11-13H,10,14H2,1-4H3. The number of methoxy groups -OCH3 is 1. The number of hydrogen-bond donors (Lipinski definition) is 0. The van der Waals surface area contributed by atoms with Crippen molar-refractivity contribution in [3.8, 4) is 17.6 Å². The van der Waals surface area contributed by atoms with Crippen LogP contribution in [0.25, 0.3) is 6.08 Å². The fourth-order valence-electron chi connectivity index (χ4n) is 2.70. The van der Waals surface area contributed by atoms with E-state index in [-0.39, 0.29) is 19.0 Å². The molecule has 0 heterocycles. The minimum absolute atomic E-state index is 0.0914. The first kappa shape index (κ1) is 21.7. The van der Waals surface area contributed by atoms with Crippen molar-refractivity contribution in [1.29, 1.82) is 5.26 Å². The topological polar surface area (TPSA) is 85.6 Å². The van der Waals surface area contributed by atoms with E-state index in [4.69, 9.17) is 19.5 Å². The van der Waals surface area contributed by atoms with E-state index in [2.05, 4.69) is 0 Å². The van der Waals surface area contributed by atoms with Crippen molar-refractivity contribution in [3.05, 3.63) is 64.2 Å². The van der Waals surface area contributed by atoms with Gasteiger partial charge in [0.2, 0.25) is 5.78 Å². The first-order chi connectivity index (χ1) is 13.8. The Hall–Kier alpha value is -3.59. The molecule has 0 saturated carbocycles. The van der Waals surface area contributed by atoms with Gasteiger partial charge in [-0.3, -0.25) is 4.79 Å². The van der Waals surface area contributed by atoms with Crippen LogP contribution >= 0.6 is 0 Å². The highest BCUT2D eigenvalue weighted by Crippen LogP contribution is 2.28. The normalized spacial score (nSPS) is 10.4. The molecular formula is C23H23NO5. The van der Waals surface area contributed by atoms with Gasteiger partial charge in [0.25, 0.3) is 0 Å². The summed E-state index contributed by atoms with van der Waals surface area (Å²) in [5, 5.41) is 8.59. The van der Waals surface area contributed by atoms with Crippen LogP contribution in [0, 0.1) is 32.1 Å². The van der Waals surface area contributed by atoms with Gasteiger partial charge in [0, 0.05) is 11.6 Å². The first-order valence-corrected chi connectivity index (χ1v) is 8.99. The second-order valence-electron chi connectivity index (χ2n) is 6.47. The molecule has 0 radical (unpaired) electrons. The van der Waals surface area contributed by atoms with Crippen molar-refractivity contribution in [1.82, 2.24) is 0 Å². The van der Waals surface area contributed by atoms with Gasteiger partial charge in [0.05, 0.1) is 7.11 Å². The van der Waals surface area contributed by atoms with Crippen LogP contribution in [0.4, 0.5) is 0 Å². The van der Waals surface area contributed by atoms with Gasteiger partial charge in [-0.1, -0.05) is 12.1 Å². The molecule has 6 nitrogen and oxygen atoms in total. The van der Waals surface area contributed by atoms with Gasteiger partial charge in [0.1, 0.15) is 6.07 Å². The number of rotatable bonds is 8. The molecule has 0 aromatic heterocycles. The van der Waals surface area contributed by atoms with E-state index >= 15 is 0 Å². The zero-order chi connectivity index (χ0) is 21.4. The van der Waals surface area contributed by atoms with E-state index in [0.717, 1.165) is 16.7 Å². The molecule has 0 atom stereocenters. The van der Waals surface area contributed by atoms with Gasteiger partial charge in [-0.25, -0.2) is 4.79 Å². The molecule has 0 aliphatic rings. The average Bonchev–Trinajstić information content (AvgIpc) is 2.71. The second-order valence-corrected chi connectivity index (χ2v) is 6.47. The summed E-state index contributed by atoms with van der Waals surface area (Å²) in [6, 6.07) is 10.7. The summed E-state index contributed by atoms with van der Waals surface area (Å²) in [6.45, 7) is 5.37. The first-order valence-electron chi connectivity index (χ1n) is 8.99. The lowest BCUT2D eigenvalue weighted by molar-refractivity contribution is -0.136. The van der Waals surface area contributed by atoms with Crippen LogP contribution < -0.4 is 9.47 Å². The van der Waals surface area contributed by atoms with Crippen molar-refractivity contribution >= 4 is 17.8 Å². The van der Waals surface area contributed by atoms with Crippen molar-refractivity contribution in [3.63, 3.8) is 0 Å². The highest BCUT2D eigenvalue weighted by atomic mass is 16.5. The molecule has 2 rings (SSSR count). The Morgan fingerprint density at radius 1 is 1.03 bits per heavy atom. The number of carbonyl (C=O) groups excluding carboxylic acids is 2. The lowest BCUT2D eigenvalue weighted by Gasteiger charge is -2.09. The number of esters is 1. The summed E-state index contributed by atoms with van der Waals surface area (Å²) in [7, 11) is 1.48. The van der Waals surface area contributed by atoms with Gasteiger partial charge in [-0.15, -0.1) is 0 Å². The molecule has 2 aromatic carbocycles. The lowest BCUT2D eigenvalue weighted by Crippen LogP contribution is -2.14. The van der Waals surface area contributed by atoms with E-state index in [1.54, 1.807) is 24.3 Å². The summed E-state index contributed by atoms with van der Waals surface area (Å²) >= 11 is 0. The largest absolute Gasteiger partial charge is 0.493 e. The summed E-state index contributed by atoms with van der Waals surface area (Å²) in [5.74, 6) is 0.0101. The van der Waals surface area contributed by atoms with Crippen LogP contribution in [0.15, 0.2) is 36.4 Å². The summed E-state index contributed by atoms with van der Waals surface area (Å²) in [4.78, 5) is 24.3. The Labute approximate surface area is 170 Å². The number of ether oxygens (including phenoxy) is 3. The Morgan fingerprint density at radius 3 is 2.45 bits per heavy atom. The van der Waals surface area contributed by atoms with Crippen LogP contribution in [0.1, 0.15) is 32.6 Å². The molecule has 2 aromatic rings. The maximum atomic E-state index is 12.4. The van der Waals surface area contributed by atoms with E-state index in [1.165, 1.54) is 13.2 Å². The van der Waals surface area contributed by atoms with Gasteiger partial charge < -0.3 is 14.2 Å². The zero-order valence-electron chi connectivity index (χ0n) is 16.9. The van der Waals surface area contributed by atoms with Crippen LogP contribution in [0.3, 0.4) is 0 Å². The van der Waals surface area contributed by atoms with E-state index in [1.807, 2.05) is 39.0 Å². The molecular weight excluding hydrogens is 370 g/mol. The van der Waals surface area contributed by atoms with Crippen molar-refractivity contribution < 1.29 is 23.8 Å². The number of aryl methyl sites for hydroxylation is 3.